The summed E-state index contributed by atoms with van der Waals surface area (Å²) in [6.07, 6.45) is 2.36. The van der Waals surface area contributed by atoms with E-state index in [0.29, 0.717) is 6.04 Å². The lowest BCUT2D eigenvalue weighted by Gasteiger charge is -2.18. The van der Waals surface area contributed by atoms with Gasteiger partial charge in [-0.3, -0.25) is 0 Å². The van der Waals surface area contributed by atoms with Crippen molar-refractivity contribution in [2.75, 3.05) is 5.32 Å². The Labute approximate surface area is 130 Å². The summed E-state index contributed by atoms with van der Waals surface area (Å²) in [6, 6.07) is 15.5. The van der Waals surface area contributed by atoms with Crippen molar-refractivity contribution in [3.8, 4) is 0 Å². The molecule has 0 saturated heterocycles. The minimum absolute atomic E-state index is 0.304. The molecule has 0 amide bonds. The Balaban J connectivity index is 2.11. The molecule has 1 unspecified atom stereocenters. The molecule has 0 bridgehead atoms. The molecule has 1 nitrogen and oxygen atoms in total. The molecule has 106 valence electrons. The predicted octanol–water partition coefficient (Wildman–Crippen LogP) is 5.88. The average molecular weight is 332 g/mol. The highest BCUT2D eigenvalue weighted by Crippen LogP contribution is 2.27. The van der Waals surface area contributed by atoms with Crippen LogP contribution in [0.5, 0.6) is 0 Å². The number of hydrogen-bond acceptors (Lipinski definition) is 1. The summed E-state index contributed by atoms with van der Waals surface area (Å²) in [7, 11) is 0. The smallest absolute Gasteiger partial charge is 0.0485 e. The number of aryl methyl sites for hydroxylation is 1. The fraction of sp³-hybridized carbons (Fsp3) is 0.333. The van der Waals surface area contributed by atoms with Crippen LogP contribution in [0.25, 0.3) is 0 Å². The van der Waals surface area contributed by atoms with Crippen LogP contribution in [0.15, 0.2) is 46.9 Å². The molecular formula is C18H22BrN. The highest BCUT2D eigenvalue weighted by molar-refractivity contribution is 9.10. The Morgan fingerprint density at radius 3 is 2.45 bits per heavy atom. The van der Waals surface area contributed by atoms with Gasteiger partial charge in [-0.2, -0.15) is 0 Å². The van der Waals surface area contributed by atoms with E-state index < -0.39 is 0 Å². The number of hydrogen-bond donors (Lipinski definition) is 1. The zero-order chi connectivity index (χ0) is 14.5. The highest BCUT2D eigenvalue weighted by Gasteiger charge is 2.08. The number of anilines is 1. The van der Waals surface area contributed by atoms with Crippen molar-refractivity contribution in [3.05, 3.63) is 63.6 Å². The molecule has 1 N–H and O–H groups in total. The first-order valence-corrected chi connectivity index (χ1v) is 8.01. The van der Waals surface area contributed by atoms with Crippen LogP contribution in [0.3, 0.4) is 0 Å². The number of nitrogens with one attached hydrogen (secondary N) is 1. The van der Waals surface area contributed by atoms with Gasteiger partial charge >= 0.3 is 0 Å². The van der Waals surface area contributed by atoms with Crippen molar-refractivity contribution in [3.63, 3.8) is 0 Å². The van der Waals surface area contributed by atoms with E-state index in [0.717, 1.165) is 10.9 Å². The lowest BCUT2D eigenvalue weighted by molar-refractivity contribution is 0.874. The van der Waals surface area contributed by atoms with Gasteiger partial charge in [0.05, 0.1) is 0 Å². The first-order valence-electron chi connectivity index (χ1n) is 7.22. The Bertz CT molecular complexity index is 560. The molecule has 0 aliphatic heterocycles. The summed E-state index contributed by atoms with van der Waals surface area (Å²) in [5.41, 5.74) is 5.18. The molecule has 0 aliphatic rings. The Morgan fingerprint density at radius 1 is 1.10 bits per heavy atom. The van der Waals surface area contributed by atoms with Crippen molar-refractivity contribution in [1.29, 1.82) is 0 Å². The van der Waals surface area contributed by atoms with Crippen LogP contribution in [0, 0.1) is 6.92 Å². The maximum absolute atomic E-state index is 3.59. The molecule has 2 rings (SSSR count). The standard InChI is InChI=1S/C18H22BrN/c1-4-6-15-9-11-16(12-10-15)14(3)20-18-8-5-7-17(19)13(18)2/h5,7-12,14,20H,4,6H2,1-3H3. The third-order valence-corrected chi connectivity index (χ3v) is 4.52. The van der Waals surface area contributed by atoms with Crippen molar-refractivity contribution >= 4 is 21.6 Å². The summed E-state index contributed by atoms with van der Waals surface area (Å²) in [6.45, 7) is 6.55. The molecule has 2 aromatic carbocycles. The topological polar surface area (TPSA) is 12.0 Å². The van der Waals surface area contributed by atoms with Crippen LogP contribution in [-0.2, 0) is 6.42 Å². The third-order valence-electron chi connectivity index (χ3n) is 3.66. The second-order valence-electron chi connectivity index (χ2n) is 5.27. The van der Waals surface area contributed by atoms with Crippen LogP contribution < -0.4 is 5.32 Å². The highest BCUT2D eigenvalue weighted by atomic mass is 79.9. The molecule has 1 atom stereocenters. The van der Waals surface area contributed by atoms with Crippen molar-refractivity contribution < 1.29 is 0 Å². The summed E-state index contributed by atoms with van der Waals surface area (Å²) < 4.78 is 1.15. The van der Waals surface area contributed by atoms with E-state index in [1.54, 1.807) is 0 Å². The molecule has 0 heterocycles. The summed E-state index contributed by atoms with van der Waals surface area (Å²) in [5.74, 6) is 0. The van der Waals surface area contributed by atoms with E-state index in [2.05, 4.69) is 84.5 Å². The van der Waals surface area contributed by atoms with Crippen LogP contribution in [0.2, 0.25) is 0 Å². The van der Waals surface area contributed by atoms with Crippen molar-refractivity contribution in [1.82, 2.24) is 0 Å². The van der Waals surface area contributed by atoms with Crippen LogP contribution >= 0.6 is 15.9 Å². The normalized spacial score (nSPS) is 12.2. The van der Waals surface area contributed by atoms with E-state index in [9.17, 15) is 0 Å². The Morgan fingerprint density at radius 2 is 1.80 bits per heavy atom. The van der Waals surface area contributed by atoms with Crippen molar-refractivity contribution in [2.45, 2.75) is 39.7 Å². The first kappa shape index (κ1) is 15.1. The number of rotatable bonds is 5. The van der Waals surface area contributed by atoms with Gasteiger partial charge in [-0.25, -0.2) is 0 Å². The Kier molecular flexibility index (Phi) is 5.24. The predicted molar refractivity (Wildman–Crippen MR) is 91.4 cm³/mol. The van der Waals surface area contributed by atoms with Gasteiger partial charge < -0.3 is 5.32 Å². The SMILES string of the molecule is CCCc1ccc(C(C)Nc2cccc(Br)c2C)cc1. The number of benzene rings is 2. The van der Waals surface area contributed by atoms with E-state index in [1.165, 1.54) is 28.8 Å². The molecular weight excluding hydrogens is 310 g/mol. The van der Waals surface area contributed by atoms with Gasteiger partial charge in [0.25, 0.3) is 0 Å². The number of halogens is 1. The van der Waals surface area contributed by atoms with Gasteiger partial charge in [-0.15, -0.1) is 0 Å². The average Bonchev–Trinajstić information content (AvgIpc) is 2.45. The zero-order valence-corrected chi connectivity index (χ0v) is 14.0. The monoisotopic (exact) mass is 331 g/mol. The molecule has 0 aromatic heterocycles. The Hall–Kier alpha value is -1.28. The minimum Gasteiger partial charge on any atom is -0.378 e. The van der Waals surface area contributed by atoms with Gasteiger partial charge in [0.1, 0.15) is 0 Å². The minimum atomic E-state index is 0.304. The molecule has 0 fully saturated rings. The van der Waals surface area contributed by atoms with E-state index in [4.69, 9.17) is 0 Å². The summed E-state index contributed by atoms with van der Waals surface area (Å²) >= 11 is 3.58. The van der Waals surface area contributed by atoms with Gasteiger partial charge in [0.2, 0.25) is 0 Å². The molecule has 2 aromatic rings. The van der Waals surface area contributed by atoms with Gasteiger partial charge in [-0.1, -0.05) is 59.6 Å². The molecule has 20 heavy (non-hydrogen) atoms. The lowest BCUT2D eigenvalue weighted by Crippen LogP contribution is -2.07. The third kappa shape index (κ3) is 3.63. The maximum Gasteiger partial charge on any atom is 0.0485 e. The largest absolute Gasteiger partial charge is 0.378 e. The lowest BCUT2D eigenvalue weighted by atomic mass is 10.0. The van der Waals surface area contributed by atoms with Crippen molar-refractivity contribution in [2.24, 2.45) is 0 Å². The second kappa shape index (κ2) is 6.94. The van der Waals surface area contributed by atoms with E-state index in [1.807, 2.05) is 0 Å². The van der Waals surface area contributed by atoms with E-state index in [-0.39, 0.29) is 0 Å². The summed E-state index contributed by atoms with van der Waals surface area (Å²) in [4.78, 5) is 0. The molecule has 0 radical (unpaired) electrons. The van der Waals surface area contributed by atoms with Crippen LogP contribution in [-0.4, -0.2) is 0 Å². The van der Waals surface area contributed by atoms with Gasteiger partial charge in [-0.05, 0) is 49.1 Å². The van der Waals surface area contributed by atoms with E-state index >= 15 is 0 Å². The van der Waals surface area contributed by atoms with Gasteiger partial charge in [0, 0.05) is 16.2 Å². The second-order valence-corrected chi connectivity index (χ2v) is 6.12. The van der Waals surface area contributed by atoms with Gasteiger partial charge in [0.15, 0.2) is 0 Å². The molecule has 0 spiro atoms. The fourth-order valence-electron chi connectivity index (χ4n) is 2.34. The maximum atomic E-state index is 3.59. The van der Waals surface area contributed by atoms with Crippen LogP contribution in [0.4, 0.5) is 5.69 Å². The molecule has 0 aliphatic carbocycles. The van der Waals surface area contributed by atoms with Crippen LogP contribution in [0.1, 0.15) is 43.0 Å². The molecule has 0 saturated carbocycles. The molecule has 2 heteroatoms. The zero-order valence-electron chi connectivity index (χ0n) is 12.4. The first-order chi connectivity index (χ1) is 9.61. The fourth-order valence-corrected chi connectivity index (χ4v) is 2.71. The summed E-state index contributed by atoms with van der Waals surface area (Å²) in [5, 5.41) is 3.59. The quantitative estimate of drug-likeness (QED) is 0.720.